The highest BCUT2D eigenvalue weighted by Crippen LogP contribution is 2.42. The van der Waals surface area contributed by atoms with Gasteiger partial charge in [0, 0.05) is 0 Å². The first-order valence-corrected chi connectivity index (χ1v) is 9.08. The molecular weight excluding hydrogens is 302 g/mol. The van der Waals surface area contributed by atoms with Gasteiger partial charge in [-0.25, -0.2) is 5.43 Å². The van der Waals surface area contributed by atoms with Crippen molar-refractivity contribution < 1.29 is 0 Å². The monoisotopic (exact) mass is 331 g/mol. The first-order valence-electron chi connectivity index (χ1n) is 8.68. The average molecular weight is 332 g/mol. The number of rotatable bonds is 1. The Bertz CT molecular complexity index is 610. The lowest BCUT2D eigenvalue weighted by Crippen LogP contribution is -2.54. The number of nitrogens with zero attached hydrogens (tertiary/aromatic N) is 1. The van der Waals surface area contributed by atoms with Crippen LogP contribution in [0.1, 0.15) is 57.6 Å². The summed E-state index contributed by atoms with van der Waals surface area (Å²) in [5.74, 6) is 0.793. The maximum Gasteiger partial charge on any atom is 0.189 e. The van der Waals surface area contributed by atoms with Crippen LogP contribution < -0.4 is 15.8 Å². The van der Waals surface area contributed by atoms with Gasteiger partial charge in [0.15, 0.2) is 5.11 Å². The van der Waals surface area contributed by atoms with Gasteiger partial charge in [-0.2, -0.15) is 0 Å². The van der Waals surface area contributed by atoms with Gasteiger partial charge in [-0.15, -0.1) is 0 Å². The summed E-state index contributed by atoms with van der Waals surface area (Å²) in [6.07, 6.45) is 4.73. The third kappa shape index (κ3) is 3.24. The van der Waals surface area contributed by atoms with E-state index in [2.05, 4.69) is 68.6 Å². The zero-order valence-corrected chi connectivity index (χ0v) is 15.8. The number of hydrazine groups is 1. The first kappa shape index (κ1) is 16.7. The SMILES string of the molecule is Cc1ccc(N2NC3(CCC(C(C)(C)C)CC3)NC2=S)cc1C. The number of hydrogen-bond donors (Lipinski definition) is 2. The molecule has 2 fully saturated rings. The van der Waals surface area contributed by atoms with Crippen LogP contribution in [0, 0.1) is 25.2 Å². The van der Waals surface area contributed by atoms with Crippen LogP contribution in [0.3, 0.4) is 0 Å². The van der Waals surface area contributed by atoms with E-state index in [0.29, 0.717) is 5.41 Å². The molecule has 1 heterocycles. The summed E-state index contributed by atoms with van der Waals surface area (Å²) in [6.45, 7) is 11.4. The number of aryl methyl sites for hydroxylation is 2. The molecule has 0 aromatic heterocycles. The summed E-state index contributed by atoms with van der Waals surface area (Å²) in [7, 11) is 0. The van der Waals surface area contributed by atoms with E-state index in [0.717, 1.165) is 29.6 Å². The summed E-state index contributed by atoms with van der Waals surface area (Å²) in [6, 6.07) is 6.51. The van der Waals surface area contributed by atoms with Gasteiger partial charge in [-0.3, -0.25) is 5.01 Å². The maximum absolute atomic E-state index is 5.61. The summed E-state index contributed by atoms with van der Waals surface area (Å²) >= 11 is 5.61. The Kier molecular flexibility index (Phi) is 4.18. The van der Waals surface area contributed by atoms with Gasteiger partial charge in [-0.05, 0) is 86.3 Å². The summed E-state index contributed by atoms with van der Waals surface area (Å²) in [5.41, 5.74) is 7.74. The second-order valence-corrected chi connectivity index (χ2v) is 8.76. The van der Waals surface area contributed by atoms with Crippen LogP contribution in [0.25, 0.3) is 0 Å². The molecule has 1 spiro atoms. The van der Waals surface area contributed by atoms with Crippen molar-refractivity contribution >= 4 is 23.0 Å². The molecule has 3 rings (SSSR count). The predicted octanol–water partition coefficient (Wildman–Crippen LogP) is 4.44. The molecule has 0 bridgehead atoms. The summed E-state index contributed by atoms with van der Waals surface area (Å²) in [4.78, 5) is 0. The van der Waals surface area contributed by atoms with Crippen molar-refractivity contribution in [3.05, 3.63) is 29.3 Å². The van der Waals surface area contributed by atoms with Crippen LogP contribution in [0.4, 0.5) is 5.69 Å². The molecule has 1 saturated carbocycles. The second kappa shape index (κ2) is 5.75. The third-order valence-electron chi connectivity index (χ3n) is 5.69. The fourth-order valence-electron chi connectivity index (χ4n) is 3.81. The zero-order valence-electron chi connectivity index (χ0n) is 15.0. The molecule has 23 heavy (non-hydrogen) atoms. The second-order valence-electron chi connectivity index (χ2n) is 8.37. The Morgan fingerprint density at radius 1 is 1.13 bits per heavy atom. The fraction of sp³-hybridized carbons (Fsp3) is 0.632. The van der Waals surface area contributed by atoms with Crippen molar-refractivity contribution in [3.63, 3.8) is 0 Å². The molecule has 1 aromatic rings. The third-order valence-corrected chi connectivity index (χ3v) is 5.97. The highest BCUT2D eigenvalue weighted by atomic mass is 32.1. The molecule has 1 aliphatic carbocycles. The van der Waals surface area contributed by atoms with E-state index < -0.39 is 0 Å². The van der Waals surface area contributed by atoms with Crippen LogP contribution in [-0.4, -0.2) is 10.8 Å². The molecule has 0 amide bonds. The molecule has 2 N–H and O–H groups in total. The number of thiocarbonyl (C=S) groups is 1. The van der Waals surface area contributed by atoms with Gasteiger partial charge >= 0.3 is 0 Å². The van der Waals surface area contributed by atoms with Gasteiger partial charge in [0.05, 0.1) is 5.69 Å². The molecule has 4 heteroatoms. The van der Waals surface area contributed by atoms with Crippen LogP contribution in [0.15, 0.2) is 18.2 Å². The Hall–Kier alpha value is -1.13. The van der Waals surface area contributed by atoms with Crippen molar-refractivity contribution in [2.45, 2.75) is 66.0 Å². The molecular formula is C19H29N3S. The topological polar surface area (TPSA) is 27.3 Å². The highest BCUT2D eigenvalue weighted by molar-refractivity contribution is 7.80. The Balaban J connectivity index is 1.74. The lowest BCUT2D eigenvalue weighted by molar-refractivity contribution is 0.115. The molecule has 2 aliphatic rings. The van der Waals surface area contributed by atoms with Crippen LogP contribution in [-0.2, 0) is 0 Å². The number of nitrogens with one attached hydrogen (secondary N) is 2. The van der Waals surface area contributed by atoms with Crippen molar-refractivity contribution in [1.29, 1.82) is 0 Å². The smallest absolute Gasteiger partial charge is 0.189 e. The van der Waals surface area contributed by atoms with E-state index in [4.69, 9.17) is 12.2 Å². The first-order chi connectivity index (χ1) is 10.7. The Morgan fingerprint density at radius 3 is 2.35 bits per heavy atom. The minimum atomic E-state index is -0.0579. The molecule has 0 unspecified atom stereocenters. The minimum absolute atomic E-state index is 0.0579. The van der Waals surface area contributed by atoms with E-state index in [1.54, 1.807) is 0 Å². The standard InChI is InChI=1S/C19H29N3S/c1-13-6-7-16(12-14(13)2)22-17(23)20-19(21-22)10-8-15(9-11-19)18(3,4)5/h6-7,12,15,21H,8-11H2,1-5H3,(H,20,23). The molecule has 0 atom stereocenters. The summed E-state index contributed by atoms with van der Waals surface area (Å²) < 4.78 is 0. The van der Waals surface area contributed by atoms with Gasteiger partial charge in [0.2, 0.25) is 0 Å². The maximum atomic E-state index is 5.61. The van der Waals surface area contributed by atoms with E-state index in [-0.39, 0.29) is 5.66 Å². The summed E-state index contributed by atoms with van der Waals surface area (Å²) in [5, 5.41) is 6.42. The van der Waals surface area contributed by atoms with Crippen molar-refractivity contribution in [1.82, 2.24) is 10.7 Å². The van der Waals surface area contributed by atoms with E-state index >= 15 is 0 Å². The van der Waals surface area contributed by atoms with Crippen molar-refractivity contribution in [3.8, 4) is 0 Å². The number of benzene rings is 1. The minimum Gasteiger partial charge on any atom is -0.342 e. The molecule has 0 radical (unpaired) electrons. The molecule has 1 saturated heterocycles. The van der Waals surface area contributed by atoms with E-state index in [9.17, 15) is 0 Å². The predicted molar refractivity (Wildman–Crippen MR) is 101 cm³/mol. The molecule has 1 aliphatic heterocycles. The average Bonchev–Trinajstić information content (AvgIpc) is 2.78. The van der Waals surface area contributed by atoms with Crippen LogP contribution in [0.5, 0.6) is 0 Å². The zero-order chi connectivity index (χ0) is 16.8. The van der Waals surface area contributed by atoms with Crippen LogP contribution >= 0.6 is 12.2 Å². The van der Waals surface area contributed by atoms with Gasteiger partial charge < -0.3 is 5.32 Å². The lowest BCUT2D eigenvalue weighted by Gasteiger charge is -2.42. The lowest BCUT2D eigenvalue weighted by atomic mass is 9.70. The van der Waals surface area contributed by atoms with Gasteiger partial charge in [-0.1, -0.05) is 26.8 Å². The van der Waals surface area contributed by atoms with E-state index in [1.807, 2.05) is 0 Å². The Morgan fingerprint density at radius 2 is 1.78 bits per heavy atom. The quantitative estimate of drug-likeness (QED) is 0.744. The van der Waals surface area contributed by atoms with Gasteiger partial charge in [0.25, 0.3) is 0 Å². The molecule has 3 nitrogen and oxygen atoms in total. The highest BCUT2D eigenvalue weighted by Gasteiger charge is 2.44. The Labute approximate surface area is 145 Å². The largest absolute Gasteiger partial charge is 0.342 e. The fourth-order valence-corrected chi connectivity index (χ4v) is 4.16. The normalized spacial score (nSPS) is 28.3. The van der Waals surface area contributed by atoms with E-state index in [1.165, 1.54) is 24.0 Å². The number of anilines is 1. The van der Waals surface area contributed by atoms with Gasteiger partial charge in [0.1, 0.15) is 5.66 Å². The van der Waals surface area contributed by atoms with Crippen LogP contribution in [0.2, 0.25) is 0 Å². The molecule has 1 aromatic carbocycles. The number of hydrogen-bond acceptors (Lipinski definition) is 2. The molecule has 126 valence electrons. The van der Waals surface area contributed by atoms with Crippen molar-refractivity contribution in [2.75, 3.05) is 5.01 Å². The van der Waals surface area contributed by atoms with Crippen molar-refractivity contribution in [2.24, 2.45) is 11.3 Å².